The van der Waals surface area contributed by atoms with E-state index < -0.39 is 0 Å². The minimum Gasteiger partial charge on any atom is -0.383 e. The Labute approximate surface area is 87.0 Å². The largest absolute Gasteiger partial charge is 0.383 e. The molecule has 2 aliphatic heterocycles. The Morgan fingerprint density at radius 3 is 2.93 bits per heavy atom. The van der Waals surface area contributed by atoms with Crippen LogP contribution in [0.1, 0.15) is 19.3 Å². The molecule has 82 valence electrons. The molecular formula is C11H22N2O. The third-order valence-electron chi connectivity index (χ3n) is 3.50. The minimum atomic E-state index is 0.842. The summed E-state index contributed by atoms with van der Waals surface area (Å²) in [7, 11) is 1.79. The van der Waals surface area contributed by atoms with Crippen molar-refractivity contribution in [1.82, 2.24) is 9.80 Å². The smallest absolute Gasteiger partial charge is 0.0589 e. The van der Waals surface area contributed by atoms with Gasteiger partial charge >= 0.3 is 0 Å². The molecule has 0 bridgehead atoms. The lowest BCUT2D eigenvalue weighted by molar-refractivity contribution is 0.141. The third kappa shape index (κ3) is 2.47. The zero-order chi connectivity index (χ0) is 9.80. The van der Waals surface area contributed by atoms with E-state index in [-0.39, 0.29) is 0 Å². The van der Waals surface area contributed by atoms with E-state index in [1.165, 1.54) is 45.4 Å². The van der Waals surface area contributed by atoms with Crippen LogP contribution >= 0.6 is 0 Å². The van der Waals surface area contributed by atoms with Crippen molar-refractivity contribution in [3.63, 3.8) is 0 Å². The SMILES string of the molecule is COCCN1CCCN2CCCC2C1. The molecule has 3 heteroatoms. The molecule has 0 aromatic rings. The van der Waals surface area contributed by atoms with E-state index in [1.807, 2.05) is 0 Å². The molecule has 0 aromatic heterocycles. The summed E-state index contributed by atoms with van der Waals surface area (Å²) >= 11 is 0. The highest BCUT2D eigenvalue weighted by molar-refractivity contribution is 4.84. The summed E-state index contributed by atoms with van der Waals surface area (Å²) in [6.45, 7) is 7.17. The molecule has 0 radical (unpaired) electrons. The molecule has 2 rings (SSSR count). The van der Waals surface area contributed by atoms with Gasteiger partial charge in [0.2, 0.25) is 0 Å². The van der Waals surface area contributed by atoms with Crippen molar-refractivity contribution in [1.29, 1.82) is 0 Å². The van der Waals surface area contributed by atoms with Crippen LogP contribution in [0.25, 0.3) is 0 Å². The second-order valence-corrected chi connectivity index (χ2v) is 4.48. The van der Waals surface area contributed by atoms with Crippen molar-refractivity contribution in [3.05, 3.63) is 0 Å². The van der Waals surface area contributed by atoms with E-state index >= 15 is 0 Å². The van der Waals surface area contributed by atoms with Crippen LogP contribution < -0.4 is 0 Å². The van der Waals surface area contributed by atoms with Gasteiger partial charge in [0.05, 0.1) is 6.61 Å². The summed E-state index contributed by atoms with van der Waals surface area (Å²) in [5, 5.41) is 0. The van der Waals surface area contributed by atoms with Gasteiger partial charge in [-0.15, -0.1) is 0 Å². The maximum Gasteiger partial charge on any atom is 0.0589 e. The molecule has 1 unspecified atom stereocenters. The molecule has 2 saturated heterocycles. The summed E-state index contributed by atoms with van der Waals surface area (Å²) in [6.07, 6.45) is 4.15. The van der Waals surface area contributed by atoms with Crippen LogP contribution in [-0.4, -0.2) is 62.3 Å². The van der Waals surface area contributed by atoms with Crippen LogP contribution in [0.4, 0.5) is 0 Å². The number of methoxy groups -OCH3 is 1. The van der Waals surface area contributed by atoms with Crippen LogP contribution in [0, 0.1) is 0 Å². The predicted octanol–water partition coefficient (Wildman–Crippen LogP) is 0.803. The van der Waals surface area contributed by atoms with Crippen molar-refractivity contribution in [2.24, 2.45) is 0 Å². The van der Waals surface area contributed by atoms with Crippen LogP contribution in [0.15, 0.2) is 0 Å². The Balaban J connectivity index is 1.82. The summed E-state index contributed by atoms with van der Waals surface area (Å²) < 4.78 is 5.14. The summed E-state index contributed by atoms with van der Waals surface area (Å²) in [5.41, 5.74) is 0. The summed E-state index contributed by atoms with van der Waals surface area (Å²) in [6, 6.07) is 0.842. The molecule has 0 aliphatic carbocycles. The fraction of sp³-hybridized carbons (Fsp3) is 1.00. The monoisotopic (exact) mass is 198 g/mol. The van der Waals surface area contributed by atoms with Crippen molar-refractivity contribution in [3.8, 4) is 0 Å². The quantitative estimate of drug-likeness (QED) is 0.667. The van der Waals surface area contributed by atoms with Gasteiger partial charge < -0.3 is 4.74 Å². The predicted molar refractivity (Wildman–Crippen MR) is 57.5 cm³/mol. The number of fused-ring (bicyclic) bond motifs is 1. The fourth-order valence-corrected chi connectivity index (χ4v) is 2.71. The highest BCUT2D eigenvalue weighted by Gasteiger charge is 2.28. The van der Waals surface area contributed by atoms with Gasteiger partial charge in [0, 0.05) is 26.2 Å². The Morgan fingerprint density at radius 2 is 2.07 bits per heavy atom. The van der Waals surface area contributed by atoms with Gasteiger partial charge in [-0.05, 0) is 38.9 Å². The highest BCUT2D eigenvalue weighted by Crippen LogP contribution is 2.20. The topological polar surface area (TPSA) is 15.7 Å². The lowest BCUT2D eigenvalue weighted by Gasteiger charge is -2.25. The number of hydrogen-bond acceptors (Lipinski definition) is 3. The molecule has 2 aliphatic rings. The van der Waals surface area contributed by atoms with Gasteiger partial charge in [-0.1, -0.05) is 0 Å². The second kappa shape index (κ2) is 5.10. The zero-order valence-corrected chi connectivity index (χ0v) is 9.24. The highest BCUT2D eigenvalue weighted by atomic mass is 16.5. The second-order valence-electron chi connectivity index (χ2n) is 4.48. The molecular weight excluding hydrogens is 176 g/mol. The Kier molecular flexibility index (Phi) is 3.79. The summed E-state index contributed by atoms with van der Waals surface area (Å²) in [4.78, 5) is 5.24. The van der Waals surface area contributed by atoms with Gasteiger partial charge in [-0.2, -0.15) is 0 Å². The first kappa shape index (κ1) is 10.4. The van der Waals surface area contributed by atoms with Crippen LogP contribution in [0.5, 0.6) is 0 Å². The van der Waals surface area contributed by atoms with Gasteiger partial charge in [-0.3, -0.25) is 9.80 Å². The maximum atomic E-state index is 5.14. The number of hydrogen-bond donors (Lipinski definition) is 0. The molecule has 0 saturated carbocycles. The fourth-order valence-electron chi connectivity index (χ4n) is 2.71. The van der Waals surface area contributed by atoms with Gasteiger partial charge in [0.25, 0.3) is 0 Å². The van der Waals surface area contributed by atoms with Crippen LogP contribution in [0.2, 0.25) is 0 Å². The van der Waals surface area contributed by atoms with E-state index in [2.05, 4.69) is 9.80 Å². The number of rotatable bonds is 3. The molecule has 0 aromatic carbocycles. The molecule has 0 amide bonds. The average Bonchev–Trinajstić information content (AvgIpc) is 2.54. The normalized spacial score (nSPS) is 30.2. The Bertz CT molecular complexity index is 173. The summed E-state index contributed by atoms with van der Waals surface area (Å²) in [5.74, 6) is 0. The molecule has 2 heterocycles. The lowest BCUT2D eigenvalue weighted by Crippen LogP contribution is -2.37. The molecule has 14 heavy (non-hydrogen) atoms. The Hall–Kier alpha value is -0.120. The molecule has 0 N–H and O–H groups in total. The van der Waals surface area contributed by atoms with E-state index in [0.29, 0.717) is 0 Å². The first-order valence-corrected chi connectivity index (χ1v) is 5.85. The lowest BCUT2D eigenvalue weighted by atomic mass is 10.2. The standard InChI is InChI=1S/C11H22N2O/c1-14-9-8-12-5-3-7-13-6-2-4-11(13)10-12/h11H,2-10H2,1H3. The van der Waals surface area contributed by atoms with E-state index in [1.54, 1.807) is 7.11 Å². The first-order chi connectivity index (χ1) is 6.90. The van der Waals surface area contributed by atoms with E-state index in [0.717, 1.165) is 19.2 Å². The van der Waals surface area contributed by atoms with Gasteiger partial charge in [0.1, 0.15) is 0 Å². The van der Waals surface area contributed by atoms with Crippen molar-refractivity contribution in [2.75, 3.05) is 46.4 Å². The molecule has 3 nitrogen and oxygen atoms in total. The first-order valence-electron chi connectivity index (χ1n) is 5.85. The maximum absolute atomic E-state index is 5.14. The van der Waals surface area contributed by atoms with Crippen molar-refractivity contribution < 1.29 is 4.74 Å². The van der Waals surface area contributed by atoms with Gasteiger partial charge in [-0.25, -0.2) is 0 Å². The molecule has 1 atom stereocenters. The van der Waals surface area contributed by atoms with Gasteiger partial charge in [0.15, 0.2) is 0 Å². The van der Waals surface area contributed by atoms with Crippen molar-refractivity contribution >= 4 is 0 Å². The third-order valence-corrected chi connectivity index (χ3v) is 3.50. The number of nitrogens with zero attached hydrogens (tertiary/aromatic N) is 2. The van der Waals surface area contributed by atoms with Crippen LogP contribution in [-0.2, 0) is 4.74 Å². The minimum absolute atomic E-state index is 0.842. The zero-order valence-electron chi connectivity index (χ0n) is 9.24. The Morgan fingerprint density at radius 1 is 1.21 bits per heavy atom. The number of ether oxygens (including phenoxy) is 1. The van der Waals surface area contributed by atoms with Crippen LogP contribution in [0.3, 0.4) is 0 Å². The van der Waals surface area contributed by atoms with E-state index in [4.69, 9.17) is 4.74 Å². The van der Waals surface area contributed by atoms with Crippen molar-refractivity contribution in [2.45, 2.75) is 25.3 Å². The molecule has 0 spiro atoms. The average molecular weight is 198 g/mol. The van der Waals surface area contributed by atoms with E-state index in [9.17, 15) is 0 Å². The molecule has 2 fully saturated rings.